The molecule has 1 amide bonds. The number of benzene rings is 1. The Morgan fingerprint density at radius 1 is 1.12 bits per heavy atom. The third-order valence-electron chi connectivity index (χ3n) is 6.08. The number of hydrogen-bond donors (Lipinski definition) is 0. The fraction of sp³-hybridized carbons (Fsp3) is 0.381. The summed E-state index contributed by atoms with van der Waals surface area (Å²) < 4.78 is 1.98. The first-order chi connectivity index (χ1) is 12.7. The second kappa shape index (κ2) is 5.94. The molecule has 5 rings (SSSR count). The fourth-order valence-corrected chi connectivity index (χ4v) is 4.87. The average Bonchev–Trinajstić information content (AvgIpc) is 3.21. The lowest BCUT2D eigenvalue weighted by molar-refractivity contribution is 0.0568. The molecule has 2 saturated heterocycles. The lowest BCUT2D eigenvalue weighted by Gasteiger charge is -2.39. The van der Waals surface area contributed by atoms with Gasteiger partial charge in [-0.3, -0.25) is 14.5 Å². The van der Waals surface area contributed by atoms with Crippen molar-refractivity contribution in [3.63, 3.8) is 0 Å². The highest BCUT2D eigenvalue weighted by molar-refractivity contribution is 5.97. The Morgan fingerprint density at radius 2 is 1.88 bits per heavy atom. The number of amides is 1. The standard InChI is InChI=1S/C21H22N4O/c1-24-20(8-9-23-24)15-11-17-6-7-18(12-15)25(17)21(26)16-10-14-4-2-3-5-19(14)22-13-16/h2-5,8-10,13,15,17-18H,6-7,11-12H2,1H3. The maximum atomic E-state index is 13.2. The van der Waals surface area contributed by atoms with E-state index in [0.717, 1.165) is 36.6 Å². The monoisotopic (exact) mass is 346 g/mol. The molecule has 4 heterocycles. The molecule has 0 saturated carbocycles. The van der Waals surface area contributed by atoms with Gasteiger partial charge in [0.05, 0.1) is 11.1 Å². The first-order valence-electron chi connectivity index (χ1n) is 9.36. The molecular weight excluding hydrogens is 324 g/mol. The Hall–Kier alpha value is -2.69. The highest BCUT2D eigenvalue weighted by Crippen LogP contribution is 2.43. The molecule has 2 unspecified atom stereocenters. The van der Waals surface area contributed by atoms with Crippen LogP contribution in [-0.4, -0.2) is 37.7 Å². The van der Waals surface area contributed by atoms with Crippen molar-refractivity contribution < 1.29 is 4.79 Å². The number of carbonyl (C=O) groups excluding carboxylic acids is 1. The number of fused-ring (bicyclic) bond motifs is 3. The predicted octanol–water partition coefficient (Wildman–Crippen LogP) is 3.52. The number of hydrogen-bond acceptors (Lipinski definition) is 3. The van der Waals surface area contributed by atoms with Crippen LogP contribution in [0.25, 0.3) is 10.9 Å². The van der Waals surface area contributed by atoms with Gasteiger partial charge in [-0.05, 0) is 43.9 Å². The average molecular weight is 346 g/mol. The van der Waals surface area contributed by atoms with Gasteiger partial charge in [-0.15, -0.1) is 0 Å². The van der Waals surface area contributed by atoms with Crippen molar-refractivity contribution in [1.82, 2.24) is 19.7 Å². The number of aryl methyl sites for hydroxylation is 1. The minimum Gasteiger partial charge on any atom is -0.333 e. The van der Waals surface area contributed by atoms with E-state index in [9.17, 15) is 4.79 Å². The molecule has 5 heteroatoms. The molecule has 0 spiro atoms. The molecule has 2 fully saturated rings. The Kier molecular flexibility index (Phi) is 3.55. The van der Waals surface area contributed by atoms with Crippen LogP contribution >= 0.6 is 0 Å². The fourth-order valence-electron chi connectivity index (χ4n) is 4.87. The van der Waals surface area contributed by atoms with E-state index in [0.29, 0.717) is 23.6 Å². The molecule has 5 nitrogen and oxygen atoms in total. The third kappa shape index (κ3) is 2.42. The van der Waals surface area contributed by atoms with E-state index in [1.165, 1.54) is 5.69 Å². The number of aromatic nitrogens is 3. The van der Waals surface area contributed by atoms with Gasteiger partial charge in [0.15, 0.2) is 0 Å². The van der Waals surface area contributed by atoms with Crippen molar-refractivity contribution in [2.45, 2.75) is 43.7 Å². The van der Waals surface area contributed by atoms with Gasteiger partial charge in [0.2, 0.25) is 0 Å². The summed E-state index contributed by atoms with van der Waals surface area (Å²) >= 11 is 0. The summed E-state index contributed by atoms with van der Waals surface area (Å²) in [6.45, 7) is 0. The van der Waals surface area contributed by atoms with Gasteiger partial charge in [-0.2, -0.15) is 5.10 Å². The van der Waals surface area contributed by atoms with Crippen LogP contribution in [0.5, 0.6) is 0 Å². The Balaban J connectivity index is 1.42. The van der Waals surface area contributed by atoms with Gasteiger partial charge < -0.3 is 4.90 Å². The SMILES string of the molecule is Cn1nccc1C1CC2CCC(C1)N2C(=O)c1cnc2ccccc2c1. The minimum absolute atomic E-state index is 0.138. The van der Waals surface area contributed by atoms with Gasteiger partial charge in [-0.1, -0.05) is 18.2 Å². The Morgan fingerprint density at radius 3 is 2.62 bits per heavy atom. The van der Waals surface area contributed by atoms with Gasteiger partial charge in [0.25, 0.3) is 5.91 Å². The molecule has 2 aliphatic heterocycles. The topological polar surface area (TPSA) is 51.0 Å². The van der Waals surface area contributed by atoms with Crippen LogP contribution in [0.1, 0.15) is 47.7 Å². The molecule has 132 valence electrons. The number of nitrogens with zero attached hydrogens (tertiary/aromatic N) is 4. The first-order valence-corrected chi connectivity index (χ1v) is 9.36. The summed E-state index contributed by atoms with van der Waals surface area (Å²) in [5.74, 6) is 0.637. The van der Waals surface area contributed by atoms with E-state index in [1.54, 1.807) is 6.20 Å². The van der Waals surface area contributed by atoms with Gasteiger partial charge in [-0.25, -0.2) is 0 Å². The van der Waals surface area contributed by atoms with Crippen LogP contribution in [-0.2, 0) is 7.05 Å². The van der Waals surface area contributed by atoms with Crippen molar-refractivity contribution >= 4 is 16.8 Å². The molecule has 0 aliphatic carbocycles. The number of para-hydroxylation sites is 1. The van der Waals surface area contributed by atoms with Crippen molar-refractivity contribution in [2.24, 2.45) is 7.05 Å². The normalized spacial score (nSPS) is 25.0. The van der Waals surface area contributed by atoms with Crippen LogP contribution in [0.3, 0.4) is 0 Å². The Labute approximate surface area is 152 Å². The molecule has 3 aromatic rings. The highest BCUT2D eigenvalue weighted by Gasteiger charge is 2.44. The van der Waals surface area contributed by atoms with Crippen molar-refractivity contribution in [3.05, 3.63) is 60.0 Å². The minimum atomic E-state index is 0.138. The predicted molar refractivity (Wildman–Crippen MR) is 99.9 cm³/mol. The summed E-state index contributed by atoms with van der Waals surface area (Å²) in [6, 6.07) is 12.7. The highest BCUT2D eigenvalue weighted by atomic mass is 16.2. The van der Waals surface area contributed by atoms with Crippen LogP contribution in [0, 0.1) is 0 Å². The lowest BCUT2D eigenvalue weighted by atomic mass is 9.87. The molecule has 26 heavy (non-hydrogen) atoms. The molecular formula is C21H22N4O. The summed E-state index contributed by atoms with van der Waals surface area (Å²) in [6.07, 6.45) is 7.87. The summed E-state index contributed by atoms with van der Waals surface area (Å²) in [5.41, 5.74) is 2.93. The van der Waals surface area contributed by atoms with E-state index in [1.807, 2.05) is 48.3 Å². The van der Waals surface area contributed by atoms with Crippen LogP contribution in [0.4, 0.5) is 0 Å². The van der Waals surface area contributed by atoms with Gasteiger partial charge in [0, 0.05) is 48.5 Å². The molecule has 1 aromatic carbocycles. The van der Waals surface area contributed by atoms with Crippen LogP contribution in [0.2, 0.25) is 0 Å². The van der Waals surface area contributed by atoms with E-state index in [-0.39, 0.29) is 5.91 Å². The zero-order chi connectivity index (χ0) is 17.7. The van der Waals surface area contributed by atoms with Crippen molar-refractivity contribution in [3.8, 4) is 0 Å². The number of piperidine rings is 1. The van der Waals surface area contributed by atoms with Crippen LogP contribution in [0.15, 0.2) is 48.8 Å². The second-order valence-electron chi connectivity index (χ2n) is 7.56. The van der Waals surface area contributed by atoms with E-state index < -0.39 is 0 Å². The summed E-state index contributed by atoms with van der Waals surface area (Å²) in [5, 5.41) is 5.34. The van der Waals surface area contributed by atoms with Gasteiger partial charge >= 0.3 is 0 Å². The maximum absolute atomic E-state index is 13.2. The lowest BCUT2D eigenvalue weighted by Crippen LogP contribution is -2.46. The zero-order valence-electron chi connectivity index (χ0n) is 14.9. The number of carbonyl (C=O) groups is 1. The van der Waals surface area contributed by atoms with Crippen LogP contribution < -0.4 is 0 Å². The molecule has 2 aliphatic rings. The number of pyridine rings is 1. The molecule has 2 bridgehead atoms. The molecule has 0 radical (unpaired) electrons. The molecule has 2 aromatic heterocycles. The first kappa shape index (κ1) is 15.6. The van der Waals surface area contributed by atoms with E-state index in [2.05, 4.69) is 21.0 Å². The summed E-state index contributed by atoms with van der Waals surface area (Å²) in [7, 11) is 2.01. The largest absolute Gasteiger partial charge is 0.333 e. The zero-order valence-corrected chi connectivity index (χ0v) is 14.9. The molecule has 2 atom stereocenters. The van der Waals surface area contributed by atoms with E-state index in [4.69, 9.17) is 0 Å². The molecule has 0 N–H and O–H groups in total. The quantitative estimate of drug-likeness (QED) is 0.713. The maximum Gasteiger partial charge on any atom is 0.255 e. The van der Waals surface area contributed by atoms with E-state index >= 15 is 0 Å². The second-order valence-corrected chi connectivity index (χ2v) is 7.56. The third-order valence-corrected chi connectivity index (χ3v) is 6.08. The number of rotatable bonds is 2. The smallest absolute Gasteiger partial charge is 0.255 e. The van der Waals surface area contributed by atoms with Gasteiger partial charge in [0.1, 0.15) is 0 Å². The van der Waals surface area contributed by atoms with Crippen molar-refractivity contribution in [2.75, 3.05) is 0 Å². The van der Waals surface area contributed by atoms with Crippen molar-refractivity contribution in [1.29, 1.82) is 0 Å². The Bertz CT molecular complexity index is 965. The summed E-state index contributed by atoms with van der Waals surface area (Å²) in [4.78, 5) is 19.8.